The molecule has 6 nitrogen and oxygen atoms in total. The zero-order valence-electron chi connectivity index (χ0n) is 12.7. The number of nitriles is 1. The summed E-state index contributed by atoms with van der Waals surface area (Å²) in [6.45, 7) is -0.343. The second-order valence-electron chi connectivity index (χ2n) is 5.04. The Morgan fingerprint density at radius 2 is 1.83 bits per heavy atom. The monoisotopic (exact) mass is 319 g/mol. The Morgan fingerprint density at radius 3 is 2.58 bits per heavy atom. The summed E-state index contributed by atoms with van der Waals surface area (Å²) >= 11 is 0. The predicted octanol–water partition coefficient (Wildman–Crippen LogP) is 2.28. The highest BCUT2D eigenvalue weighted by atomic mass is 16.5. The molecule has 118 valence electrons. The van der Waals surface area contributed by atoms with Gasteiger partial charge in [-0.1, -0.05) is 30.3 Å². The molecular formula is C18H13N3O3. The van der Waals surface area contributed by atoms with Crippen LogP contribution in [0.1, 0.15) is 16.2 Å². The van der Waals surface area contributed by atoms with Crippen molar-refractivity contribution in [2.24, 2.45) is 0 Å². The van der Waals surface area contributed by atoms with E-state index in [1.807, 2.05) is 6.07 Å². The van der Waals surface area contributed by atoms with Gasteiger partial charge in [0.25, 0.3) is 5.56 Å². The highest BCUT2D eigenvalue weighted by molar-refractivity contribution is 5.89. The van der Waals surface area contributed by atoms with Crippen molar-refractivity contribution in [3.8, 4) is 6.07 Å². The van der Waals surface area contributed by atoms with Gasteiger partial charge < -0.3 is 4.74 Å². The van der Waals surface area contributed by atoms with Gasteiger partial charge in [0.05, 0.1) is 22.5 Å². The van der Waals surface area contributed by atoms with Crippen molar-refractivity contribution in [2.45, 2.75) is 13.2 Å². The number of carbonyl (C=O) groups is 1. The summed E-state index contributed by atoms with van der Waals surface area (Å²) in [7, 11) is 0. The van der Waals surface area contributed by atoms with Gasteiger partial charge in [-0.2, -0.15) is 5.26 Å². The summed E-state index contributed by atoms with van der Waals surface area (Å²) in [5, 5.41) is 9.37. The maximum absolute atomic E-state index is 12.5. The third-order valence-corrected chi connectivity index (χ3v) is 3.51. The SMILES string of the molecule is N#CCn1c(COC(=O)c2ccccc2)nc2ccccc2c1=O. The second kappa shape index (κ2) is 6.75. The molecule has 2 aromatic carbocycles. The lowest BCUT2D eigenvalue weighted by atomic mass is 10.2. The van der Waals surface area contributed by atoms with Gasteiger partial charge in [0.15, 0.2) is 5.82 Å². The molecule has 1 aromatic heterocycles. The van der Waals surface area contributed by atoms with E-state index in [1.165, 1.54) is 4.57 Å². The van der Waals surface area contributed by atoms with Gasteiger partial charge in [-0.3, -0.25) is 9.36 Å². The molecule has 0 bridgehead atoms. The Hall–Kier alpha value is -3.46. The van der Waals surface area contributed by atoms with Crippen molar-refractivity contribution in [1.29, 1.82) is 5.26 Å². The van der Waals surface area contributed by atoms with Crippen LogP contribution in [-0.2, 0) is 17.9 Å². The van der Waals surface area contributed by atoms with Crippen LogP contribution in [0.5, 0.6) is 0 Å². The molecule has 6 heteroatoms. The van der Waals surface area contributed by atoms with Gasteiger partial charge in [0.2, 0.25) is 0 Å². The van der Waals surface area contributed by atoms with Gasteiger partial charge in [-0.15, -0.1) is 0 Å². The van der Waals surface area contributed by atoms with Gasteiger partial charge in [0.1, 0.15) is 13.2 Å². The minimum atomic E-state index is -0.512. The highest BCUT2D eigenvalue weighted by Crippen LogP contribution is 2.10. The van der Waals surface area contributed by atoms with Crippen molar-refractivity contribution < 1.29 is 9.53 Å². The minimum absolute atomic E-state index is 0.158. The molecule has 0 aliphatic carbocycles. The van der Waals surface area contributed by atoms with Gasteiger partial charge in [-0.05, 0) is 24.3 Å². The molecule has 0 saturated heterocycles. The third kappa shape index (κ3) is 3.01. The lowest BCUT2D eigenvalue weighted by Gasteiger charge is -2.11. The highest BCUT2D eigenvalue weighted by Gasteiger charge is 2.13. The molecule has 0 unspecified atom stereocenters. The Morgan fingerprint density at radius 1 is 1.12 bits per heavy atom. The molecule has 0 spiro atoms. The number of aromatic nitrogens is 2. The fourth-order valence-corrected chi connectivity index (χ4v) is 2.35. The van der Waals surface area contributed by atoms with Gasteiger partial charge in [-0.25, -0.2) is 9.78 Å². The number of hydrogen-bond acceptors (Lipinski definition) is 5. The van der Waals surface area contributed by atoms with E-state index in [1.54, 1.807) is 54.6 Å². The lowest BCUT2D eigenvalue weighted by Crippen LogP contribution is -2.26. The first-order valence-corrected chi connectivity index (χ1v) is 7.28. The van der Waals surface area contributed by atoms with E-state index in [0.717, 1.165) is 0 Å². The van der Waals surface area contributed by atoms with E-state index in [9.17, 15) is 9.59 Å². The standard InChI is InChI=1S/C18H13N3O3/c19-10-11-21-16(12-24-18(23)13-6-2-1-3-7-13)20-15-9-5-4-8-14(15)17(21)22/h1-9H,11-12H2. The van der Waals surface area contributed by atoms with Crippen LogP contribution in [0, 0.1) is 11.3 Å². The second-order valence-corrected chi connectivity index (χ2v) is 5.04. The summed E-state index contributed by atoms with van der Waals surface area (Å²) in [6, 6.07) is 17.3. The van der Waals surface area contributed by atoms with E-state index >= 15 is 0 Å². The molecule has 0 N–H and O–H groups in total. The van der Waals surface area contributed by atoms with Crippen LogP contribution in [0.3, 0.4) is 0 Å². The van der Waals surface area contributed by atoms with E-state index in [4.69, 9.17) is 10.00 Å². The average molecular weight is 319 g/mol. The molecule has 0 aliphatic rings. The maximum Gasteiger partial charge on any atom is 0.338 e. The number of benzene rings is 2. The number of fused-ring (bicyclic) bond motifs is 1. The molecule has 0 fully saturated rings. The molecule has 0 aliphatic heterocycles. The number of esters is 1. The third-order valence-electron chi connectivity index (χ3n) is 3.51. The number of para-hydroxylation sites is 1. The molecule has 24 heavy (non-hydrogen) atoms. The van der Waals surface area contributed by atoms with Crippen molar-refractivity contribution in [1.82, 2.24) is 9.55 Å². The molecule has 0 atom stereocenters. The summed E-state index contributed by atoms with van der Waals surface area (Å²) < 4.78 is 6.46. The Kier molecular flexibility index (Phi) is 4.34. The molecule has 1 heterocycles. The fraction of sp³-hybridized carbons (Fsp3) is 0.111. The van der Waals surface area contributed by atoms with Gasteiger partial charge in [0, 0.05) is 0 Å². The lowest BCUT2D eigenvalue weighted by molar-refractivity contribution is 0.0457. The molecule has 0 saturated carbocycles. The van der Waals surface area contributed by atoms with Gasteiger partial charge >= 0.3 is 5.97 Å². The van der Waals surface area contributed by atoms with Crippen LogP contribution in [0.15, 0.2) is 59.4 Å². The van der Waals surface area contributed by atoms with Crippen LogP contribution in [0.25, 0.3) is 10.9 Å². The average Bonchev–Trinajstić information content (AvgIpc) is 2.63. The van der Waals surface area contributed by atoms with Crippen LogP contribution < -0.4 is 5.56 Å². The zero-order valence-corrected chi connectivity index (χ0v) is 12.7. The normalized spacial score (nSPS) is 10.3. The number of nitrogens with zero attached hydrogens (tertiary/aromatic N) is 3. The molecule has 0 radical (unpaired) electrons. The molecule has 0 amide bonds. The van der Waals surface area contributed by atoms with Crippen molar-refractivity contribution in [3.63, 3.8) is 0 Å². The summed E-state index contributed by atoms with van der Waals surface area (Å²) in [5.74, 6) is -0.272. The number of hydrogen-bond donors (Lipinski definition) is 0. The van der Waals surface area contributed by atoms with E-state index in [0.29, 0.717) is 16.5 Å². The largest absolute Gasteiger partial charge is 0.454 e. The number of ether oxygens (including phenoxy) is 1. The summed E-state index contributed by atoms with van der Waals surface area (Å²) in [6.07, 6.45) is 0. The van der Waals surface area contributed by atoms with E-state index < -0.39 is 5.97 Å². The fourth-order valence-electron chi connectivity index (χ4n) is 2.35. The molecular weight excluding hydrogens is 306 g/mol. The predicted molar refractivity (Wildman–Crippen MR) is 87.2 cm³/mol. The molecule has 3 aromatic rings. The number of carbonyl (C=O) groups excluding carboxylic acids is 1. The van der Waals surface area contributed by atoms with Crippen LogP contribution in [-0.4, -0.2) is 15.5 Å². The minimum Gasteiger partial charge on any atom is -0.454 e. The Balaban J connectivity index is 1.94. The zero-order chi connectivity index (χ0) is 16.9. The first kappa shape index (κ1) is 15.4. The maximum atomic E-state index is 12.5. The van der Waals surface area contributed by atoms with Crippen molar-refractivity contribution >= 4 is 16.9 Å². The van der Waals surface area contributed by atoms with Crippen LogP contribution in [0.4, 0.5) is 0 Å². The number of rotatable bonds is 4. The first-order chi connectivity index (χ1) is 11.7. The summed E-state index contributed by atoms with van der Waals surface area (Å²) in [4.78, 5) is 28.9. The Labute approximate surface area is 137 Å². The van der Waals surface area contributed by atoms with Crippen molar-refractivity contribution in [2.75, 3.05) is 0 Å². The Bertz CT molecular complexity index is 988. The molecule has 3 rings (SSSR count). The first-order valence-electron chi connectivity index (χ1n) is 7.28. The summed E-state index contributed by atoms with van der Waals surface area (Å²) in [5.41, 5.74) is 0.586. The van der Waals surface area contributed by atoms with E-state index in [2.05, 4.69) is 4.98 Å². The van der Waals surface area contributed by atoms with Crippen molar-refractivity contribution in [3.05, 3.63) is 76.3 Å². The quantitative estimate of drug-likeness (QED) is 0.689. The van der Waals surface area contributed by atoms with Crippen LogP contribution in [0.2, 0.25) is 0 Å². The van der Waals surface area contributed by atoms with Crippen LogP contribution >= 0.6 is 0 Å². The van der Waals surface area contributed by atoms with E-state index in [-0.39, 0.29) is 24.5 Å². The smallest absolute Gasteiger partial charge is 0.338 e. The topological polar surface area (TPSA) is 85.0 Å².